The van der Waals surface area contributed by atoms with Crippen LogP contribution in [0.2, 0.25) is 0 Å². The van der Waals surface area contributed by atoms with Crippen LogP contribution in [0.4, 0.5) is 5.13 Å². The maximum atomic E-state index is 12.5. The van der Waals surface area contributed by atoms with Gasteiger partial charge in [0.15, 0.2) is 5.13 Å². The second-order valence-corrected chi connectivity index (χ2v) is 9.36. The van der Waals surface area contributed by atoms with Crippen molar-refractivity contribution in [3.8, 4) is 0 Å². The number of aryl methyl sites for hydroxylation is 2. The topological polar surface area (TPSA) is 36.4 Å². The molecule has 28 heavy (non-hydrogen) atoms. The highest BCUT2D eigenvalue weighted by atomic mass is 32.2. The summed E-state index contributed by atoms with van der Waals surface area (Å²) >= 11 is 3.50. The Morgan fingerprint density at radius 3 is 2.54 bits per heavy atom. The number of rotatable bonds is 5. The lowest BCUT2D eigenvalue weighted by atomic mass is 10.1. The van der Waals surface area contributed by atoms with Gasteiger partial charge in [0.1, 0.15) is 0 Å². The van der Waals surface area contributed by atoms with Gasteiger partial charge in [0.05, 0.1) is 10.2 Å². The summed E-state index contributed by atoms with van der Waals surface area (Å²) < 4.78 is 1.24. The van der Waals surface area contributed by atoms with E-state index < -0.39 is 0 Å². The van der Waals surface area contributed by atoms with Gasteiger partial charge in [-0.15, -0.1) is 11.8 Å². The van der Waals surface area contributed by atoms with Crippen LogP contribution in [0.25, 0.3) is 10.2 Å². The molecule has 4 rings (SSSR count). The molecule has 0 radical (unpaired) electrons. The van der Waals surface area contributed by atoms with Gasteiger partial charge in [0.2, 0.25) is 5.91 Å². The van der Waals surface area contributed by atoms with Crippen LogP contribution in [0.3, 0.4) is 0 Å². The molecule has 0 spiro atoms. The third-order valence-electron chi connectivity index (χ3n) is 5.22. The molecule has 0 N–H and O–H groups in total. The predicted molar refractivity (Wildman–Crippen MR) is 120 cm³/mol. The van der Waals surface area contributed by atoms with Crippen LogP contribution >= 0.6 is 23.1 Å². The molecular formula is C22H25N3OS2. The van der Waals surface area contributed by atoms with Gasteiger partial charge < -0.3 is 9.80 Å². The van der Waals surface area contributed by atoms with Crippen molar-refractivity contribution in [1.29, 1.82) is 0 Å². The van der Waals surface area contributed by atoms with Crippen molar-refractivity contribution in [3.05, 3.63) is 53.6 Å². The third kappa shape index (κ3) is 4.33. The fourth-order valence-corrected chi connectivity index (χ4v) is 5.34. The smallest absolute Gasteiger partial charge is 0.223 e. The number of aromatic nitrogens is 1. The molecular weight excluding hydrogens is 386 g/mol. The van der Waals surface area contributed by atoms with E-state index in [1.807, 2.05) is 23.1 Å². The highest BCUT2D eigenvalue weighted by molar-refractivity contribution is 7.99. The largest absolute Gasteiger partial charge is 0.345 e. The fraction of sp³-hybridized carbons (Fsp3) is 0.364. The average Bonchev–Trinajstić information content (AvgIpc) is 3.12. The van der Waals surface area contributed by atoms with E-state index in [9.17, 15) is 4.79 Å². The average molecular weight is 412 g/mol. The molecule has 146 valence electrons. The fourth-order valence-electron chi connectivity index (χ4n) is 3.38. The van der Waals surface area contributed by atoms with Gasteiger partial charge in [-0.05, 0) is 49.2 Å². The van der Waals surface area contributed by atoms with Gasteiger partial charge in [-0.3, -0.25) is 4.79 Å². The van der Waals surface area contributed by atoms with Gasteiger partial charge in [-0.2, -0.15) is 0 Å². The number of thioether (sulfide) groups is 1. The summed E-state index contributed by atoms with van der Waals surface area (Å²) in [5.74, 6) is 1.10. The Morgan fingerprint density at radius 1 is 1.07 bits per heavy atom. The summed E-state index contributed by atoms with van der Waals surface area (Å²) in [4.78, 5) is 22.9. The Labute approximate surface area is 174 Å². The molecule has 6 heteroatoms. The first-order valence-electron chi connectivity index (χ1n) is 9.68. The summed E-state index contributed by atoms with van der Waals surface area (Å²) in [5.41, 5.74) is 3.68. The molecule has 0 unspecified atom stereocenters. The lowest BCUT2D eigenvalue weighted by Crippen LogP contribution is -2.48. The number of nitrogens with zero attached hydrogens (tertiary/aromatic N) is 3. The highest BCUT2D eigenvalue weighted by Crippen LogP contribution is 2.31. The van der Waals surface area contributed by atoms with Crippen molar-refractivity contribution in [1.82, 2.24) is 9.88 Å². The second-order valence-electron chi connectivity index (χ2n) is 7.18. The number of amides is 1. The van der Waals surface area contributed by atoms with Gasteiger partial charge >= 0.3 is 0 Å². The number of thiazole rings is 1. The lowest BCUT2D eigenvalue weighted by molar-refractivity contribution is -0.131. The molecule has 4 nitrogen and oxygen atoms in total. The molecule has 0 saturated carbocycles. The van der Waals surface area contributed by atoms with E-state index in [4.69, 9.17) is 4.98 Å². The minimum atomic E-state index is 0.263. The van der Waals surface area contributed by atoms with E-state index in [1.165, 1.54) is 20.7 Å². The van der Waals surface area contributed by atoms with Crippen LogP contribution in [-0.2, 0) is 4.79 Å². The number of benzene rings is 2. The van der Waals surface area contributed by atoms with Crippen molar-refractivity contribution in [2.45, 2.75) is 25.2 Å². The monoisotopic (exact) mass is 411 g/mol. The highest BCUT2D eigenvalue weighted by Gasteiger charge is 2.23. The first-order chi connectivity index (χ1) is 13.6. The SMILES string of the molecule is Cc1cc2nc(N3CCN(C(=O)CCSc4ccccc4)CC3)sc2cc1C. The van der Waals surface area contributed by atoms with E-state index in [0.29, 0.717) is 6.42 Å². The van der Waals surface area contributed by atoms with E-state index in [1.54, 1.807) is 23.1 Å². The first kappa shape index (κ1) is 19.3. The number of carbonyl (C=O) groups is 1. The summed E-state index contributed by atoms with van der Waals surface area (Å²) in [6.07, 6.45) is 0.596. The summed E-state index contributed by atoms with van der Waals surface area (Å²) in [6.45, 7) is 7.55. The molecule has 0 atom stereocenters. The maximum absolute atomic E-state index is 12.5. The van der Waals surface area contributed by atoms with Crippen LogP contribution in [0.5, 0.6) is 0 Å². The minimum absolute atomic E-state index is 0.263. The van der Waals surface area contributed by atoms with Crippen molar-refractivity contribution < 1.29 is 4.79 Å². The molecule has 1 fully saturated rings. The van der Waals surface area contributed by atoms with Crippen molar-refractivity contribution >= 4 is 44.4 Å². The van der Waals surface area contributed by atoms with Crippen molar-refractivity contribution in [3.63, 3.8) is 0 Å². The number of anilines is 1. The molecule has 0 bridgehead atoms. The Bertz CT molecular complexity index is 924. The van der Waals surface area contributed by atoms with Gasteiger partial charge in [-0.25, -0.2) is 4.98 Å². The van der Waals surface area contributed by atoms with Gasteiger partial charge in [-0.1, -0.05) is 29.5 Å². The lowest BCUT2D eigenvalue weighted by Gasteiger charge is -2.34. The zero-order valence-corrected chi connectivity index (χ0v) is 18.0. The number of hydrogen-bond donors (Lipinski definition) is 0. The molecule has 2 heterocycles. The quantitative estimate of drug-likeness (QED) is 0.568. The van der Waals surface area contributed by atoms with Crippen LogP contribution < -0.4 is 4.90 Å². The van der Waals surface area contributed by atoms with Crippen LogP contribution in [0, 0.1) is 13.8 Å². The number of fused-ring (bicyclic) bond motifs is 1. The van der Waals surface area contributed by atoms with Gasteiger partial charge in [0, 0.05) is 43.2 Å². The Balaban J connectivity index is 1.30. The Morgan fingerprint density at radius 2 is 1.79 bits per heavy atom. The Kier molecular flexibility index (Phi) is 5.87. The van der Waals surface area contributed by atoms with Crippen molar-refractivity contribution in [2.24, 2.45) is 0 Å². The Hall–Kier alpha value is -2.05. The summed E-state index contributed by atoms with van der Waals surface area (Å²) in [7, 11) is 0. The van der Waals surface area contributed by atoms with Crippen LogP contribution in [0.1, 0.15) is 17.5 Å². The molecule has 1 aliphatic heterocycles. The first-order valence-corrected chi connectivity index (χ1v) is 11.5. The zero-order valence-electron chi connectivity index (χ0n) is 16.4. The standard InChI is InChI=1S/C22H25N3OS2/c1-16-14-19-20(15-17(16)2)28-22(23-19)25-11-9-24(10-12-25)21(26)8-13-27-18-6-4-3-5-7-18/h3-7,14-15H,8-13H2,1-2H3. The number of hydrogen-bond acceptors (Lipinski definition) is 5. The van der Waals surface area contributed by atoms with E-state index >= 15 is 0 Å². The molecule has 2 aromatic carbocycles. The van der Waals surface area contributed by atoms with Crippen molar-refractivity contribution in [2.75, 3.05) is 36.8 Å². The zero-order chi connectivity index (χ0) is 19.5. The number of carbonyl (C=O) groups excluding carboxylic acids is 1. The summed E-state index contributed by atoms with van der Waals surface area (Å²) in [6, 6.07) is 14.7. The predicted octanol–water partition coefficient (Wildman–Crippen LogP) is 4.74. The van der Waals surface area contributed by atoms with E-state index in [2.05, 4.69) is 43.0 Å². The van der Waals surface area contributed by atoms with E-state index in [0.717, 1.165) is 42.6 Å². The normalized spacial score (nSPS) is 14.6. The third-order valence-corrected chi connectivity index (χ3v) is 7.32. The molecule has 1 aliphatic rings. The molecule has 1 saturated heterocycles. The minimum Gasteiger partial charge on any atom is -0.345 e. The maximum Gasteiger partial charge on any atom is 0.223 e. The van der Waals surface area contributed by atoms with Crippen LogP contribution in [-0.4, -0.2) is 47.7 Å². The molecule has 0 aliphatic carbocycles. The van der Waals surface area contributed by atoms with E-state index in [-0.39, 0.29) is 5.91 Å². The molecule has 1 amide bonds. The summed E-state index contributed by atoms with van der Waals surface area (Å²) in [5, 5.41) is 1.08. The molecule has 1 aromatic heterocycles. The molecule has 3 aromatic rings. The number of piperazine rings is 1. The van der Waals surface area contributed by atoms with Crippen LogP contribution in [0.15, 0.2) is 47.4 Å². The van der Waals surface area contributed by atoms with Gasteiger partial charge in [0.25, 0.3) is 0 Å². The second kappa shape index (κ2) is 8.53.